The van der Waals surface area contributed by atoms with Crippen molar-refractivity contribution < 1.29 is 39.3 Å². The molecule has 12 heteroatoms. The summed E-state index contributed by atoms with van der Waals surface area (Å²) >= 11 is 0. The molecular formula is C17H30N4O8. The van der Waals surface area contributed by atoms with E-state index in [-0.39, 0.29) is 25.2 Å². The third kappa shape index (κ3) is 11.0. The average Bonchev–Trinajstić information content (AvgIpc) is 2.60. The Morgan fingerprint density at radius 2 is 1.48 bits per heavy atom. The largest absolute Gasteiger partial charge is 0.481 e. The number of amides is 3. The molecule has 0 fully saturated rings. The average molecular weight is 418 g/mol. The number of aliphatic hydroxyl groups is 1. The molecule has 29 heavy (non-hydrogen) atoms. The van der Waals surface area contributed by atoms with Gasteiger partial charge in [-0.3, -0.25) is 24.0 Å². The smallest absolute Gasteiger partial charge is 0.322 e. The van der Waals surface area contributed by atoms with E-state index in [0.29, 0.717) is 0 Å². The SMILES string of the molecule is CC(C)CC(NC(=O)C(NC(=O)C(N)CCC(=O)O)C(C)O)C(=O)NCC(=O)O. The molecule has 0 spiro atoms. The lowest BCUT2D eigenvalue weighted by atomic mass is 10.0. The van der Waals surface area contributed by atoms with Crippen molar-refractivity contribution in [3.8, 4) is 0 Å². The molecule has 0 aromatic heterocycles. The molecule has 0 bridgehead atoms. The minimum Gasteiger partial charge on any atom is -0.481 e. The molecule has 0 aliphatic rings. The van der Waals surface area contributed by atoms with Gasteiger partial charge >= 0.3 is 11.9 Å². The fraction of sp³-hybridized carbons (Fsp3) is 0.706. The van der Waals surface area contributed by atoms with Crippen LogP contribution in [-0.4, -0.2) is 75.8 Å². The molecule has 0 heterocycles. The van der Waals surface area contributed by atoms with Crippen LogP contribution in [0.15, 0.2) is 0 Å². The van der Waals surface area contributed by atoms with Crippen molar-refractivity contribution in [1.82, 2.24) is 16.0 Å². The Morgan fingerprint density at radius 1 is 0.897 bits per heavy atom. The normalized spacial score (nSPS) is 15.0. The van der Waals surface area contributed by atoms with Crippen LogP contribution < -0.4 is 21.7 Å². The second kappa shape index (κ2) is 12.7. The third-order valence-electron chi connectivity index (χ3n) is 3.82. The molecule has 0 aliphatic carbocycles. The Hall–Kier alpha value is -2.73. The summed E-state index contributed by atoms with van der Waals surface area (Å²) in [7, 11) is 0. The maximum absolute atomic E-state index is 12.5. The summed E-state index contributed by atoms with van der Waals surface area (Å²) in [5.74, 6) is -4.83. The predicted octanol–water partition coefficient (Wildman–Crippen LogP) is -2.22. The lowest BCUT2D eigenvalue weighted by Gasteiger charge is -2.26. The van der Waals surface area contributed by atoms with Crippen molar-refractivity contribution in [3.05, 3.63) is 0 Å². The summed E-state index contributed by atoms with van der Waals surface area (Å²) in [5, 5.41) is 34.0. The van der Waals surface area contributed by atoms with Crippen LogP contribution in [0.5, 0.6) is 0 Å². The molecule has 12 nitrogen and oxygen atoms in total. The number of aliphatic hydroxyl groups excluding tert-OH is 1. The fourth-order valence-electron chi connectivity index (χ4n) is 2.33. The first-order valence-electron chi connectivity index (χ1n) is 9.10. The number of hydrogen-bond donors (Lipinski definition) is 7. The zero-order valence-corrected chi connectivity index (χ0v) is 16.7. The zero-order valence-electron chi connectivity index (χ0n) is 16.7. The Morgan fingerprint density at radius 3 is 1.93 bits per heavy atom. The van der Waals surface area contributed by atoms with Crippen molar-refractivity contribution in [3.63, 3.8) is 0 Å². The predicted molar refractivity (Wildman–Crippen MR) is 100 cm³/mol. The van der Waals surface area contributed by atoms with Gasteiger partial charge in [0.15, 0.2) is 0 Å². The van der Waals surface area contributed by atoms with Crippen LogP contribution in [-0.2, 0) is 24.0 Å². The number of rotatable bonds is 13. The molecular weight excluding hydrogens is 388 g/mol. The van der Waals surface area contributed by atoms with Crippen LogP contribution in [0.3, 0.4) is 0 Å². The van der Waals surface area contributed by atoms with Crippen LogP contribution in [0.1, 0.15) is 40.0 Å². The molecule has 0 saturated carbocycles. The van der Waals surface area contributed by atoms with Gasteiger partial charge in [0, 0.05) is 6.42 Å². The molecule has 0 saturated heterocycles. The molecule has 0 aliphatic heterocycles. The highest BCUT2D eigenvalue weighted by molar-refractivity contribution is 5.94. The van der Waals surface area contributed by atoms with Gasteiger partial charge in [0.25, 0.3) is 0 Å². The van der Waals surface area contributed by atoms with Crippen molar-refractivity contribution in [1.29, 1.82) is 0 Å². The number of nitrogens with one attached hydrogen (secondary N) is 3. The molecule has 4 atom stereocenters. The monoisotopic (exact) mass is 418 g/mol. The second-order valence-electron chi connectivity index (χ2n) is 7.07. The highest BCUT2D eigenvalue weighted by Gasteiger charge is 2.31. The molecule has 8 N–H and O–H groups in total. The highest BCUT2D eigenvalue weighted by atomic mass is 16.4. The van der Waals surface area contributed by atoms with Gasteiger partial charge in [-0.15, -0.1) is 0 Å². The minimum absolute atomic E-state index is 0.0279. The Kier molecular flexibility index (Phi) is 11.5. The van der Waals surface area contributed by atoms with Crippen LogP contribution in [0.4, 0.5) is 0 Å². The van der Waals surface area contributed by atoms with E-state index in [1.165, 1.54) is 6.92 Å². The van der Waals surface area contributed by atoms with Gasteiger partial charge in [0.05, 0.1) is 12.1 Å². The Bertz CT molecular complexity index is 608. The van der Waals surface area contributed by atoms with E-state index < -0.39 is 60.4 Å². The van der Waals surface area contributed by atoms with Gasteiger partial charge in [-0.25, -0.2) is 0 Å². The van der Waals surface area contributed by atoms with E-state index in [1.54, 1.807) is 13.8 Å². The lowest BCUT2D eigenvalue weighted by Crippen LogP contribution is -2.59. The van der Waals surface area contributed by atoms with Crippen LogP contribution >= 0.6 is 0 Å². The van der Waals surface area contributed by atoms with Crippen molar-refractivity contribution in [2.75, 3.05) is 6.54 Å². The van der Waals surface area contributed by atoms with E-state index in [1.807, 2.05) is 0 Å². The van der Waals surface area contributed by atoms with Gasteiger partial charge in [-0.1, -0.05) is 13.8 Å². The quantitative estimate of drug-likeness (QED) is 0.172. The molecule has 166 valence electrons. The lowest BCUT2D eigenvalue weighted by molar-refractivity contribution is -0.139. The fourth-order valence-corrected chi connectivity index (χ4v) is 2.33. The zero-order chi connectivity index (χ0) is 22.7. The van der Waals surface area contributed by atoms with Crippen molar-refractivity contribution >= 4 is 29.7 Å². The third-order valence-corrected chi connectivity index (χ3v) is 3.82. The van der Waals surface area contributed by atoms with Crippen LogP contribution in [0, 0.1) is 5.92 Å². The number of carboxylic acid groups (broad SMARTS) is 2. The Balaban J connectivity index is 5.13. The first-order valence-corrected chi connectivity index (χ1v) is 9.10. The standard InChI is InChI=1S/C17H30N4O8/c1-8(2)6-11(16(28)19-7-13(25)26)20-17(29)14(9(3)22)21-15(27)10(18)4-5-12(23)24/h8-11,14,22H,4-7,18H2,1-3H3,(H,19,28)(H,20,29)(H,21,27)(H,23,24)(H,25,26). The number of aliphatic carboxylic acids is 2. The van der Waals surface area contributed by atoms with Gasteiger partial charge in [0.2, 0.25) is 17.7 Å². The summed E-state index contributed by atoms with van der Waals surface area (Å²) < 4.78 is 0. The molecule has 4 unspecified atom stereocenters. The van der Waals surface area contributed by atoms with Crippen LogP contribution in [0.2, 0.25) is 0 Å². The molecule has 0 radical (unpaired) electrons. The molecule has 0 aromatic carbocycles. The second-order valence-corrected chi connectivity index (χ2v) is 7.07. The van der Waals surface area contributed by atoms with Gasteiger partial charge in [0.1, 0.15) is 18.6 Å². The van der Waals surface area contributed by atoms with Crippen LogP contribution in [0.25, 0.3) is 0 Å². The highest BCUT2D eigenvalue weighted by Crippen LogP contribution is 2.07. The number of carbonyl (C=O) groups excluding carboxylic acids is 3. The number of hydrogen-bond acceptors (Lipinski definition) is 7. The van der Waals surface area contributed by atoms with Crippen molar-refractivity contribution in [2.45, 2.75) is 64.3 Å². The van der Waals surface area contributed by atoms with Gasteiger partial charge in [-0.05, 0) is 25.7 Å². The van der Waals surface area contributed by atoms with Crippen molar-refractivity contribution in [2.24, 2.45) is 11.7 Å². The molecule has 3 amide bonds. The molecule has 0 rings (SSSR count). The molecule has 0 aromatic rings. The Labute approximate surface area is 168 Å². The number of carboxylic acids is 2. The maximum atomic E-state index is 12.5. The first kappa shape index (κ1) is 26.3. The van der Waals surface area contributed by atoms with Gasteiger partial charge in [-0.2, -0.15) is 0 Å². The van der Waals surface area contributed by atoms with E-state index in [0.717, 1.165) is 0 Å². The summed E-state index contributed by atoms with van der Waals surface area (Å²) in [6, 6.07) is -3.73. The van der Waals surface area contributed by atoms with E-state index in [9.17, 15) is 29.1 Å². The maximum Gasteiger partial charge on any atom is 0.322 e. The first-order chi connectivity index (χ1) is 13.3. The summed E-state index contributed by atoms with van der Waals surface area (Å²) in [4.78, 5) is 58.0. The number of nitrogens with two attached hydrogens (primary N) is 1. The topological polar surface area (TPSA) is 208 Å². The van der Waals surface area contributed by atoms with E-state index in [2.05, 4.69) is 16.0 Å². The number of carbonyl (C=O) groups is 5. The minimum atomic E-state index is -1.44. The van der Waals surface area contributed by atoms with E-state index in [4.69, 9.17) is 15.9 Å². The van der Waals surface area contributed by atoms with E-state index >= 15 is 0 Å². The van der Waals surface area contributed by atoms with Gasteiger partial charge < -0.3 is 37.0 Å². The summed E-state index contributed by atoms with van der Waals surface area (Å²) in [6.45, 7) is 4.20. The summed E-state index contributed by atoms with van der Waals surface area (Å²) in [6.07, 6.45) is -1.66. The summed E-state index contributed by atoms with van der Waals surface area (Å²) in [5.41, 5.74) is 5.59.